The molecular weight excluding hydrogens is 414 g/mol. The Balaban J connectivity index is 1.47. The summed E-state index contributed by atoms with van der Waals surface area (Å²) in [5, 5.41) is 7.01. The van der Waals surface area contributed by atoms with Gasteiger partial charge in [0.15, 0.2) is 28.6 Å². The first-order chi connectivity index (χ1) is 15.6. The van der Waals surface area contributed by atoms with Gasteiger partial charge in [-0.05, 0) is 47.4 Å². The quantitative estimate of drug-likeness (QED) is 0.490. The molecular formula is C23H23N3O6. The average molecular weight is 437 g/mol. The third-order valence-corrected chi connectivity index (χ3v) is 5.80. The molecule has 0 amide bonds. The van der Waals surface area contributed by atoms with Gasteiger partial charge in [0.1, 0.15) is 0 Å². The summed E-state index contributed by atoms with van der Waals surface area (Å²) in [7, 11) is 4.90. The lowest BCUT2D eigenvalue weighted by molar-refractivity contribution is 0.245. The van der Waals surface area contributed by atoms with Gasteiger partial charge in [0, 0.05) is 25.0 Å². The Kier molecular flexibility index (Phi) is 5.10. The van der Waals surface area contributed by atoms with Crippen molar-refractivity contribution in [1.82, 2.24) is 15.1 Å². The molecule has 0 atom stereocenters. The van der Waals surface area contributed by atoms with Gasteiger partial charge in [-0.2, -0.15) is 0 Å². The fourth-order valence-electron chi connectivity index (χ4n) is 4.21. The molecule has 1 aliphatic rings. The molecule has 32 heavy (non-hydrogen) atoms. The molecule has 1 aliphatic heterocycles. The summed E-state index contributed by atoms with van der Waals surface area (Å²) in [4.78, 5) is 13.7. The van der Waals surface area contributed by atoms with Crippen LogP contribution in [0.5, 0.6) is 17.2 Å². The number of methoxy groups -OCH3 is 3. The second-order valence-electron chi connectivity index (χ2n) is 7.64. The van der Waals surface area contributed by atoms with Gasteiger partial charge in [0.05, 0.1) is 21.3 Å². The molecule has 2 aromatic carbocycles. The number of benzene rings is 2. The van der Waals surface area contributed by atoms with Crippen molar-refractivity contribution >= 4 is 11.0 Å². The van der Waals surface area contributed by atoms with Crippen molar-refractivity contribution in [2.45, 2.75) is 19.5 Å². The zero-order valence-electron chi connectivity index (χ0n) is 18.1. The highest BCUT2D eigenvalue weighted by molar-refractivity contribution is 5.89. The number of rotatable bonds is 6. The fourth-order valence-corrected chi connectivity index (χ4v) is 4.21. The molecule has 0 radical (unpaired) electrons. The van der Waals surface area contributed by atoms with Gasteiger partial charge in [0.2, 0.25) is 0 Å². The largest absolute Gasteiger partial charge is 0.493 e. The van der Waals surface area contributed by atoms with E-state index >= 15 is 0 Å². The van der Waals surface area contributed by atoms with Crippen LogP contribution in [0.3, 0.4) is 0 Å². The predicted octanol–water partition coefficient (Wildman–Crippen LogP) is 3.36. The number of H-pyrrole nitrogens is 1. The monoisotopic (exact) mass is 437 g/mol. The van der Waals surface area contributed by atoms with Gasteiger partial charge in [-0.1, -0.05) is 6.07 Å². The summed E-state index contributed by atoms with van der Waals surface area (Å²) < 4.78 is 27.4. The van der Waals surface area contributed by atoms with Gasteiger partial charge in [-0.3, -0.25) is 4.90 Å². The minimum atomic E-state index is -0.633. The minimum Gasteiger partial charge on any atom is -0.493 e. The Morgan fingerprint density at radius 3 is 2.44 bits per heavy atom. The molecule has 9 nitrogen and oxygen atoms in total. The molecule has 9 heteroatoms. The smallest absolute Gasteiger partial charge is 0.434 e. The molecule has 0 aliphatic carbocycles. The van der Waals surface area contributed by atoms with Crippen LogP contribution in [0.1, 0.15) is 16.7 Å². The Morgan fingerprint density at radius 2 is 1.75 bits per heavy atom. The van der Waals surface area contributed by atoms with Crippen molar-refractivity contribution in [2.24, 2.45) is 0 Å². The number of aromatic amines is 1. The van der Waals surface area contributed by atoms with E-state index in [2.05, 4.69) is 27.2 Å². The first-order valence-corrected chi connectivity index (χ1v) is 10.2. The zero-order chi connectivity index (χ0) is 22.2. The molecule has 1 N–H and O–H groups in total. The molecule has 0 bridgehead atoms. The van der Waals surface area contributed by atoms with Gasteiger partial charge >= 0.3 is 5.76 Å². The standard InChI is InChI=1S/C23H23N3O6/c1-28-17-5-4-14(16-10-20(31-21(16)17)22-24-25-23(27)32-22)11-26-7-6-13-8-18(29-2)19(30-3)9-15(13)12-26/h4-5,8-10H,6-7,11-12H2,1-3H3,(H,25,27). The zero-order valence-corrected chi connectivity index (χ0v) is 18.1. The number of ether oxygens (including phenoxy) is 3. The van der Waals surface area contributed by atoms with Crippen LogP contribution in [0.15, 0.2) is 44.0 Å². The normalized spacial score (nSPS) is 13.8. The molecule has 5 rings (SSSR count). The molecule has 0 unspecified atom stereocenters. The lowest BCUT2D eigenvalue weighted by Crippen LogP contribution is -2.30. The van der Waals surface area contributed by atoms with E-state index in [0.717, 1.165) is 48.5 Å². The van der Waals surface area contributed by atoms with Crippen LogP contribution in [-0.4, -0.2) is 43.0 Å². The summed E-state index contributed by atoms with van der Waals surface area (Å²) in [5.74, 6) is 1.94. The highest BCUT2D eigenvalue weighted by Gasteiger charge is 2.22. The van der Waals surface area contributed by atoms with E-state index in [4.69, 9.17) is 23.0 Å². The molecule has 0 spiro atoms. The molecule has 4 aromatic rings. The third kappa shape index (κ3) is 3.50. The van der Waals surface area contributed by atoms with Crippen LogP contribution in [0.2, 0.25) is 0 Å². The van der Waals surface area contributed by atoms with Crippen molar-refractivity contribution in [3.8, 4) is 28.9 Å². The van der Waals surface area contributed by atoms with Crippen LogP contribution in [-0.2, 0) is 19.5 Å². The maximum atomic E-state index is 11.3. The summed E-state index contributed by atoms with van der Waals surface area (Å²) in [6.45, 7) is 2.43. The van der Waals surface area contributed by atoms with Crippen LogP contribution in [0.4, 0.5) is 0 Å². The molecule has 0 saturated heterocycles. The Hall–Kier alpha value is -3.72. The number of nitrogens with zero attached hydrogens (tertiary/aromatic N) is 2. The summed E-state index contributed by atoms with van der Waals surface area (Å²) in [6.07, 6.45) is 0.921. The van der Waals surface area contributed by atoms with E-state index in [1.807, 2.05) is 18.2 Å². The third-order valence-electron chi connectivity index (χ3n) is 5.80. The van der Waals surface area contributed by atoms with Crippen molar-refractivity contribution in [1.29, 1.82) is 0 Å². The number of aromatic nitrogens is 2. The lowest BCUT2D eigenvalue weighted by atomic mass is 9.98. The van der Waals surface area contributed by atoms with Crippen LogP contribution < -0.4 is 20.0 Å². The molecule has 2 aromatic heterocycles. The topological polar surface area (TPSA) is 103 Å². The van der Waals surface area contributed by atoms with Crippen molar-refractivity contribution in [3.63, 3.8) is 0 Å². The number of hydrogen-bond acceptors (Lipinski definition) is 8. The maximum absolute atomic E-state index is 11.3. The lowest BCUT2D eigenvalue weighted by Gasteiger charge is -2.29. The van der Waals surface area contributed by atoms with Gasteiger partial charge in [-0.25, -0.2) is 9.89 Å². The van der Waals surface area contributed by atoms with Crippen molar-refractivity contribution < 1.29 is 23.0 Å². The second-order valence-corrected chi connectivity index (χ2v) is 7.64. The van der Waals surface area contributed by atoms with Crippen molar-refractivity contribution in [3.05, 3.63) is 57.6 Å². The fraction of sp³-hybridized carbons (Fsp3) is 0.304. The van der Waals surface area contributed by atoms with E-state index < -0.39 is 5.76 Å². The number of fused-ring (bicyclic) bond motifs is 2. The molecule has 0 saturated carbocycles. The first kappa shape index (κ1) is 20.2. The van der Waals surface area contributed by atoms with E-state index in [9.17, 15) is 4.79 Å². The van der Waals surface area contributed by atoms with E-state index in [1.165, 1.54) is 11.1 Å². The molecule has 3 heterocycles. The molecule has 0 fully saturated rings. The number of hydrogen-bond donors (Lipinski definition) is 1. The van der Waals surface area contributed by atoms with Crippen LogP contribution in [0.25, 0.3) is 22.6 Å². The van der Waals surface area contributed by atoms with Gasteiger partial charge < -0.3 is 23.0 Å². The summed E-state index contributed by atoms with van der Waals surface area (Å²) >= 11 is 0. The Bertz CT molecular complexity index is 1340. The Labute approximate surface area is 183 Å². The highest BCUT2D eigenvalue weighted by Crippen LogP contribution is 2.37. The highest BCUT2D eigenvalue weighted by atomic mass is 16.5. The Morgan fingerprint density at radius 1 is 1.00 bits per heavy atom. The predicted molar refractivity (Wildman–Crippen MR) is 116 cm³/mol. The summed E-state index contributed by atoms with van der Waals surface area (Å²) in [6, 6.07) is 9.87. The van der Waals surface area contributed by atoms with E-state index in [1.54, 1.807) is 21.3 Å². The summed E-state index contributed by atoms with van der Waals surface area (Å²) in [5.41, 5.74) is 4.18. The van der Waals surface area contributed by atoms with Gasteiger partial charge in [0.25, 0.3) is 5.89 Å². The van der Waals surface area contributed by atoms with Gasteiger partial charge in [-0.15, -0.1) is 5.10 Å². The SMILES string of the molecule is COc1cc2c(cc1OC)CN(Cc1ccc(OC)c3oc(-c4n[nH]c(=O)o4)cc13)CC2. The second kappa shape index (κ2) is 8.08. The maximum Gasteiger partial charge on any atom is 0.434 e. The first-order valence-electron chi connectivity index (χ1n) is 10.2. The van der Waals surface area contributed by atoms with E-state index in [-0.39, 0.29) is 5.89 Å². The van der Waals surface area contributed by atoms with E-state index in [0.29, 0.717) is 17.1 Å². The number of nitrogens with one attached hydrogen (secondary N) is 1. The average Bonchev–Trinajstić information content (AvgIpc) is 3.45. The minimum absolute atomic E-state index is 0.104. The van der Waals surface area contributed by atoms with Crippen LogP contribution >= 0.6 is 0 Å². The van der Waals surface area contributed by atoms with Crippen LogP contribution in [0, 0.1) is 0 Å². The number of furan rings is 1. The molecule has 166 valence electrons. The van der Waals surface area contributed by atoms with Crippen molar-refractivity contribution in [2.75, 3.05) is 27.9 Å².